The molecule has 0 atom stereocenters. The molecule has 0 aromatic heterocycles. The highest BCUT2D eigenvalue weighted by Crippen LogP contribution is 2.62. The summed E-state index contributed by atoms with van der Waals surface area (Å²) in [5.74, 6) is -40.9. The molecule has 0 aromatic carbocycles. The van der Waals surface area contributed by atoms with E-state index in [1.165, 1.54) is 0 Å². The van der Waals surface area contributed by atoms with Crippen molar-refractivity contribution in [2.24, 2.45) is 0 Å². The predicted molar refractivity (Wildman–Crippen MR) is 42.5 cm³/mol. The topological polar surface area (TPSA) is 26.3 Å². The van der Waals surface area contributed by atoms with Crippen molar-refractivity contribution in [1.29, 1.82) is 0 Å². The van der Waals surface area contributed by atoms with Crippen LogP contribution >= 0.6 is 0 Å². The van der Waals surface area contributed by atoms with Crippen LogP contribution in [0.5, 0.6) is 0 Å². The van der Waals surface area contributed by atoms with Crippen LogP contribution in [0.4, 0.5) is 65.9 Å². The molecule has 0 N–H and O–H groups in total. The minimum absolute atomic E-state index is 0.643. The number of hydrogen-bond acceptors (Lipinski definition) is 2. The molecule has 0 spiro atoms. The fraction of sp³-hybridized carbons (Fsp3) is 0.875. The van der Waals surface area contributed by atoms with E-state index in [2.05, 4.69) is 0 Å². The monoisotopic (exact) mass is 413 g/mol. The average Bonchev–Trinajstić information content (AvgIpc) is 2.35. The lowest BCUT2D eigenvalue weighted by Gasteiger charge is -2.40. The fourth-order valence-corrected chi connectivity index (χ4v) is 1.07. The van der Waals surface area contributed by atoms with E-state index in [-0.39, 0.29) is 0 Å². The maximum absolute atomic E-state index is 12.8. The normalized spacial score (nSPS) is 16.0. The van der Waals surface area contributed by atoms with Gasteiger partial charge in [0.15, 0.2) is 0 Å². The third kappa shape index (κ3) is 2.94. The number of ether oxygens (including phenoxy) is 1. The molecular formula is C8F15O2. The van der Waals surface area contributed by atoms with Gasteiger partial charge in [0.05, 0.1) is 0 Å². The molecule has 1 radical (unpaired) electrons. The molecule has 0 amide bonds. The standard InChI is InChI=1S/C8F15O2/c9-2(10,3(11,12)5(15,16)7(19,20)21)4(13,14)6(17,18)8(22,23)25-1-24. The Balaban J connectivity index is 6.44. The first-order valence-electron chi connectivity index (χ1n) is 4.95. The van der Waals surface area contributed by atoms with Crippen LogP contribution < -0.4 is 0 Å². The Labute approximate surface area is 125 Å². The van der Waals surface area contributed by atoms with Crippen molar-refractivity contribution in [1.82, 2.24) is 0 Å². The Morgan fingerprint density at radius 3 is 1.04 bits per heavy atom. The van der Waals surface area contributed by atoms with Gasteiger partial charge in [-0.05, 0) is 0 Å². The molecule has 0 unspecified atom stereocenters. The second kappa shape index (κ2) is 5.72. The molecule has 0 saturated carbocycles. The summed E-state index contributed by atoms with van der Waals surface area (Å²) >= 11 is 0. The lowest BCUT2D eigenvalue weighted by atomic mass is 9.93. The summed E-state index contributed by atoms with van der Waals surface area (Å²) < 4.78 is 189. The van der Waals surface area contributed by atoms with Gasteiger partial charge in [-0.1, -0.05) is 0 Å². The molecule has 149 valence electrons. The Morgan fingerprint density at radius 2 is 0.760 bits per heavy atom. The Bertz CT molecular complexity index is 504. The van der Waals surface area contributed by atoms with Crippen LogP contribution in [0.2, 0.25) is 0 Å². The summed E-state index contributed by atoms with van der Waals surface area (Å²) in [6.45, 7) is -0.643. The van der Waals surface area contributed by atoms with Crippen LogP contribution in [-0.2, 0) is 9.53 Å². The zero-order valence-electron chi connectivity index (χ0n) is 10.5. The van der Waals surface area contributed by atoms with Crippen molar-refractivity contribution in [3.05, 3.63) is 0 Å². The van der Waals surface area contributed by atoms with Gasteiger partial charge in [0.25, 0.3) is 0 Å². The summed E-state index contributed by atoms with van der Waals surface area (Å²) in [6.07, 6.45) is -14.7. The minimum atomic E-state index is -8.40. The largest absolute Gasteiger partial charge is 0.473 e. The third-order valence-corrected chi connectivity index (χ3v) is 2.47. The number of alkyl halides is 15. The van der Waals surface area contributed by atoms with E-state index in [9.17, 15) is 70.7 Å². The molecule has 0 saturated heterocycles. The Kier molecular flexibility index (Phi) is 5.36. The highest BCUT2D eigenvalue weighted by molar-refractivity contribution is 5.39. The molecule has 0 aliphatic rings. The molecule has 0 aromatic rings. The lowest BCUT2D eigenvalue weighted by Crippen LogP contribution is -2.72. The molecule has 0 aliphatic heterocycles. The molecule has 17 heteroatoms. The van der Waals surface area contributed by atoms with Crippen LogP contribution in [0.15, 0.2) is 0 Å². The van der Waals surface area contributed by atoms with Gasteiger partial charge in [-0.15, -0.1) is 0 Å². The van der Waals surface area contributed by atoms with Crippen LogP contribution in [0, 0.1) is 0 Å². The minimum Gasteiger partial charge on any atom is -0.387 e. The smallest absolute Gasteiger partial charge is 0.387 e. The van der Waals surface area contributed by atoms with E-state index < -0.39 is 48.4 Å². The maximum atomic E-state index is 12.8. The van der Waals surface area contributed by atoms with E-state index in [0.29, 0.717) is 0 Å². The van der Waals surface area contributed by atoms with Crippen molar-refractivity contribution in [2.75, 3.05) is 0 Å². The highest BCUT2D eigenvalue weighted by atomic mass is 19.4. The Morgan fingerprint density at radius 1 is 0.480 bits per heavy atom. The van der Waals surface area contributed by atoms with Crippen molar-refractivity contribution in [2.45, 2.75) is 41.9 Å². The fourth-order valence-electron chi connectivity index (χ4n) is 1.07. The van der Waals surface area contributed by atoms with Gasteiger partial charge in [-0.3, -0.25) is 0 Å². The summed E-state index contributed by atoms with van der Waals surface area (Å²) in [5, 5.41) is 0. The molecule has 0 rings (SSSR count). The second-order valence-electron chi connectivity index (χ2n) is 4.07. The van der Waals surface area contributed by atoms with Gasteiger partial charge in [0.2, 0.25) is 0 Å². The van der Waals surface area contributed by atoms with Crippen molar-refractivity contribution in [3.63, 3.8) is 0 Å². The first-order valence-corrected chi connectivity index (χ1v) is 4.95. The van der Waals surface area contributed by atoms with Gasteiger partial charge < -0.3 is 4.74 Å². The zero-order valence-corrected chi connectivity index (χ0v) is 10.5. The van der Waals surface area contributed by atoms with Gasteiger partial charge in [-0.2, -0.15) is 65.9 Å². The maximum Gasteiger partial charge on any atom is 0.473 e. The first kappa shape index (κ1) is 23.4. The summed E-state index contributed by atoms with van der Waals surface area (Å²) in [5.41, 5.74) is 0. The van der Waals surface area contributed by atoms with E-state index in [4.69, 9.17) is 0 Å². The van der Waals surface area contributed by atoms with Gasteiger partial charge in [-0.25, -0.2) is 4.79 Å². The van der Waals surface area contributed by atoms with Gasteiger partial charge in [0, 0.05) is 0 Å². The summed E-state index contributed by atoms with van der Waals surface area (Å²) in [6, 6.07) is 0. The quantitative estimate of drug-likeness (QED) is 0.579. The van der Waals surface area contributed by atoms with Crippen LogP contribution in [0.25, 0.3) is 0 Å². The van der Waals surface area contributed by atoms with E-state index >= 15 is 0 Å². The summed E-state index contributed by atoms with van der Waals surface area (Å²) in [7, 11) is 0. The number of carbonyl (C=O) groups excluding carboxylic acids is 1. The molecular weight excluding hydrogens is 413 g/mol. The predicted octanol–water partition coefficient (Wildman–Crippen LogP) is 4.40. The van der Waals surface area contributed by atoms with Gasteiger partial charge in [0.1, 0.15) is 0 Å². The summed E-state index contributed by atoms with van der Waals surface area (Å²) in [4.78, 5) is 9.32. The average molecular weight is 413 g/mol. The van der Waals surface area contributed by atoms with Crippen LogP contribution in [0.1, 0.15) is 0 Å². The van der Waals surface area contributed by atoms with Crippen molar-refractivity contribution >= 4 is 6.47 Å². The SMILES string of the molecule is O=[C]OC(F)(F)C(F)(F)C(F)(F)C(F)(F)C(F)(F)C(F)(F)C(F)(F)F. The zero-order chi connectivity index (χ0) is 20.9. The van der Waals surface area contributed by atoms with Crippen LogP contribution in [0.3, 0.4) is 0 Å². The molecule has 0 fully saturated rings. The van der Waals surface area contributed by atoms with Crippen LogP contribution in [-0.4, -0.2) is 48.4 Å². The van der Waals surface area contributed by atoms with E-state index in [1.807, 2.05) is 4.74 Å². The second-order valence-corrected chi connectivity index (χ2v) is 4.07. The third-order valence-electron chi connectivity index (χ3n) is 2.47. The Hall–Kier alpha value is -1.58. The number of hydrogen-bond donors (Lipinski definition) is 0. The van der Waals surface area contributed by atoms with E-state index in [0.717, 1.165) is 0 Å². The number of rotatable bonds is 7. The van der Waals surface area contributed by atoms with E-state index in [1.54, 1.807) is 0 Å². The highest BCUT2D eigenvalue weighted by Gasteiger charge is 2.94. The molecule has 25 heavy (non-hydrogen) atoms. The number of halogens is 15. The molecule has 0 heterocycles. The molecule has 0 aliphatic carbocycles. The lowest BCUT2D eigenvalue weighted by molar-refractivity contribution is -0.466. The van der Waals surface area contributed by atoms with Crippen molar-refractivity contribution in [3.8, 4) is 0 Å². The molecule has 2 nitrogen and oxygen atoms in total. The van der Waals surface area contributed by atoms with Crippen molar-refractivity contribution < 1.29 is 75.4 Å². The molecule has 0 bridgehead atoms. The van der Waals surface area contributed by atoms with Gasteiger partial charge >= 0.3 is 48.4 Å². The first-order chi connectivity index (χ1) is 10.6.